The lowest BCUT2D eigenvalue weighted by Gasteiger charge is -2.25. The van der Waals surface area contributed by atoms with E-state index in [0.717, 1.165) is 23.7 Å². The molecule has 4 nitrogen and oxygen atoms in total. The van der Waals surface area contributed by atoms with Crippen LogP contribution in [0.25, 0.3) is 10.9 Å². The molecular weight excluding hydrogens is 238 g/mol. The second-order valence-electron chi connectivity index (χ2n) is 5.73. The molecule has 1 amide bonds. The van der Waals surface area contributed by atoms with Gasteiger partial charge in [0.15, 0.2) is 0 Å². The molecule has 1 saturated carbocycles. The van der Waals surface area contributed by atoms with E-state index in [1.807, 2.05) is 18.2 Å². The number of carbonyl (C=O) groups is 1. The minimum atomic E-state index is -0.0471. The van der Waals surface area contributed by atoms with E-state index in [0.29, 0.717) is 11.3 Å². The molecule has 1 heterocycles. The van der Waals surface area contributed by atoms with E-state index in [9.17, 15) is 4.79 Å². The maximum atomic E-state index is 12.4. The minimum absolute atomic E-state index is 0.000390. The van der Waals surface area contributed by atoms with Crippen molar-refractivity contribution in [1.29, 1.82) is 0 Å². The molecule has 0 unspecified atom stereocenters. The third-order valence-electron chi connectivity index (χ3n) is 4.07. The number of hydrogen-bond donors (Lipinski definition) is 3. The lowest BCUT2D eigenvalue weighted by atomic mass is 10.00. The first-order valence-electron chi connectivity index (χ1n) is 6.77. The summed E-state index contributed by atoms with van der Waals surface area (Å²) in [6, 6.07) is 5.57. The van der Waals surface area contributed by atoms with Crippen molar-refractivity contribution in [3.05, 3.63) is 30.0 Å². The second kappa shape index (κ2) is 4.30. The zero-order chi connectivity index (χ0) is 13.5. The van der Waals surface area contributed by atoms with Crippen molar-refractivity contribution in [2.24, 2.45) is 0 Å². The largest absolute Gasteiger partial charge is 0.399 e. The summed E-state index contributed by atoms with van der Waals surface area (Å²) in [5.41, 5.74) is 7.99. The average Bonchev–Trinajstić information content (AvgIpc) is 2.95. The molecule has 1 aromatic carbocycles. The fourth-order valence-corrected chi connectivity index (χ4v) is 2.95. The maximum absolute atomic E-state index is 12.4. The molecule has 1 fully saturated rings. The Hall–Kier alpha value is -1.97. The van der Waals surface area contributed by atoms with Crippen LogP contribution in [0.15, 0.2) is 24.4 Å². The van der Waals surface area contributed by atoms with Gasteiger partial charge in [-0.25, -0.2) is 0 Å². The number of nitrogens with two attached hydrogens (primary N) is 1. The molecule has 4 N–H and O–H groups in total. The average molecular weight is 257 g/mol. The van der Waals surface area contributed by atoms with Gasteiger partial charge in [-0.1, -0.05) is 12.8 Å². The molecule has 0 spiro atoms. The van der Waals surface area contributed by atoms with Crippen LogP contribution >= 0.6 is 0 Å². The van der Waals surface area contributed by atoms with Crippen LogP contribution in [0.3, 0.4) is 0 Å². The van der Waals surface area contributed by atoms with Crippen LogP contribution in [0.4, 0.5) is 5.69 Å². The number of aromatic amines is 1. The Kier molecular flexibility index (Phi) is 2.73. The molecule has 4 heteroatoms. The topological polar surface area (TPSA) is 70.9 Å². The Morgan fingerprint density at radius 2 is 2.11 bits per heavy atom. The Bertz CT molecular complexity index is 623. The number of benzene rings is 1. The molecular formula is C15H19N3O. The van der Waals surface area contributed by atoms with Crippen LogP contribution in [0.5, 0.6) is 0 Å². The van der Waals surface area contributed by atoms with Crippen molar-refractivity contribution in [1.82, 2.24) is 10.3 Å². The molecule has 0 aliphatic heterocycles. The molecule has 100 valence electrons. The van der Waals surface area contributed by atoms with E-state index in [1.165, 1.54) is 12.8 Å². The zero-order valence-electron chi connectivity index (χ0n) is 11.1. The summed E-state index contributed by atoms with van der Waals surface area (Å²) in [4.78, 5) is 15.5. The number of fused-ring (bicyclic) bond motifs is 1. The first-order valence-corrected chi connectivity index (χ1v) is 6.77. The molecule has 0 atom stereocenters. The summed E-state index contributed by atoms with van der Waals surface area (Å²) in [5.74, 6) is 0.000390. The quantitative estimate of drug-likeness (QED) is 0.724. The van der Waals surface area contributed by atoms with E-state index in [4.69, 9.17) is 5.73 Å². The summed E-state index contributed by atoms with van der Waals surface area (Å²) in [5, 5.41) is 4.10. The number of anilines is 1. The summed E-state index contributed by atoms with van der Waals surface area (Å²) in [6.45, 7) is 2.13. The van der Waals surface area contributed by atoms with Gasteiger partial charge in [-0.15, -0.1) is 0 Å². The normalized spacial score (nSPS) is 17.7. The standard InChI is InChI=1S/C15H19N3O/c1-15(6-2-3-7-15)18-14(19)12-9-17-13-8-10(16)4-5-11(12)13/h4-5,8-9,17H,2-3,6-7,16H2,1H3,(H,18,19). The first kappa shape index (κ1) is 12.1. The predicted octanol–water partition coefficient (Wildman–Crippen LogP) is 2.81. The number of carbonyl (C=O) groups excluding carboxylic acids is 1. The Morgan fingerprint density at radius 1 is 1.37 bits per heavy atom. The highest BCUT2D eigenvalue weighted by Gasteiger charge is 2.30. The summed E-state index contributed by atoms with van der Waals surface area (Å²) in [7, 11) is 0. The van der Waals surface area contributed by atoms with Crippen molar-refractivity contribution in [2.45, 2.75) is 38.1 Å². The second-order valence-corrected chi connectivity index (χ2v) is 5.73. The van der Waals surface area contributed by atoms with Crippen molar-refractivity contribution in [3.63, 3.8) is 0 Å². The smallest absolute Gasteiger partial charge is 0.253 e. The molecule has 19 heavy (non-hydrogen) atoms. The van der Waals surface area contributed by atoms with Gasteiger partial charge in [0.05, 0.1) is 5.56 Å². The van der Waals surface area contributed by atoms with Gasteiger partial charge in [0.2, 0.25) is 0 Å². The summed E-state index contributed by atoms with van der Waals surface area (Å²) in [6.07, 6.45) is 6.28. The molecule has 2 aromatic rings. The molecule has 3 rings (SSSR count). The summed E-state index contributed by atoms with van der Waals surface area (Å²) >= 11 is 0. The van der Waals surface area contributed by atoms with Crippen molar-refractivity contribution >= 4 is 22.5 Å². The third-order valence-corrected chi connectivity index (χ3v) is 4.07. The number of rotatable bonds is 2. The van der Waals surface area contributed by atoms with Gasteiger partial charge >= 0.3 is 0 Å². The fourth-order valence-electron chi connectivity index (χ4n) is 2.95. The number of nitrogen functional groups attached to an aromatic ring is 1. The molecule has 1 aromatic heterocycles. The first-order chi connectivity index (χ1) is 9.07. The highest BCUT2D eigenvalue weighted by atomic mass is 16.1. The van der Waals surface area contributed by atoms with Gasteiger partial charge in [-0.05, 0) is 38.0 Å². The molecule has 0 radical (unpaired) electrons. The Labute approximate surface area is 112 Å². The van der Waals surface area contributed by atoms with E-state index < -0.39 is 0 Å². The highest BCUT2D eigenvalue weighted by Crippen LogP contribution is 2.30. The fraction of sp³-hybridized carbons (Fsp3) is 0.400. The maximum Gasteiger partial charge on any atom is 0.253 e. The van der Waals surface area contributed by atoms with Crippen LogP contribution in [0.1, 0.15) is 43.0 Å². The van der Waals surface area contributed by atoms with Crippen LogP contribution in [-0.2, 0) is 0 Å². The molecule has 1 aliphatic carbocycles. The van der Waals surface area contributed by atoms with Crippen LogP contribution < -0.4 is 11.1 Å². The lowest BCUT2D eigenvalue weighted by Crippen LogP contribution is -2.43. The van der Waals surface area contributed by atoms with Crippen molar-refractivity contribution < 1.29 is 4.79 Å². The SMILES string of the molecule is CC1(NC(=O)c2c[nH]c3cc(N)ccc23)CCCC1. The Balaban J connectivity index is 1.89. The van der Waals surface area contributed by atoms with E-state index in [-0.39, 0.29) is 11.4 Å². The number of nitrogens with one attached hydrogen (secondary N) is 2. The Morgan fingerprint density at radius 3 is 2.84 bits per heavy atom. The summed E-state index contributed by atoms with van der Waals surface area (Å²) < 4.78 is 0. The van der Waals surface area contributed by atoms with Crippen LogP contribution in [0.2, 0.25) is 0 Å². The number of hydrogen-bond acceptors (Lipinski definition) is 2. The highest BCUT2D eigenvalue weighted by molar-refractivity contribution is 6.07. The lowest BCUT2D eigenvalue weighted by molar-refractivity contribution is 0.0910. The van der Waals surface area contributed by atoms with Gasteiger partial charge in [0.25, 0.3) is 5.91 Å². The van der Waals surface area contributed by atoms with Gasteiger partial charge in [0, 0.05) is 28.3 Å². The van der Waals surface area contributed by atoms with Gasteiger partial charge in [-0.2, -0.15) is 0 Å². The van der Waals surface area contributed by atoms with Gasteiger partial charge in [-0.3, -0.25) is 4.79 Å². The van der Waals surface area contributed by atoms with E-state index >= 15 is 0 Å². The van der Waals surface area contributed by atoms with Gasteiger partial charge < -0.3 is 16.0 Å². The van der Waals surface area contributed by atoms with Crippen LogP contribution in [0, 0.1) is 0 Å². The number of H-pyrrole nitrogens is 1. The zero-order valence-corrected chi connectivity index (χ0v) is 11.1. The monoisotopic (exact) mass is 257 g/mol. The van der Waals surface area contributed by atoms with E-state index in [1.54, 1.807) is 6.20 Å². The van der Waals surface area contributed by atoms with Gasteiger partial charge in [0.1, 0.15) is 0 Å². The molecule has 0 bridgehead atoms. The number of amides is 1. The van der Waals surface area contributed by atoms with Crippen molar-refractivity contribution in [3.8, 4) is 0 Å². The molecule has 0 saturated heterocycles. The third kappa shape index (κ3) is 2.18. The predicted molar refractivity (Wildman–Crippen MR) is 77.1 cm³/mol. The number of aromatic nitrogens is 1. The minimum Gasteiger partial charge on any atom is -0.399 e. The van der Waals surface area contributed by atoms with Crippen LogP contribution in [-0.4, -0.2) is 16.4 Å². The molecule has 1 aliphatic rings. The van der Waals surface area contributed by atoms with E-state index in [2.05, 4.69) is 17.2 Å². The van der Waals surface area contributed by atoms with Crippen molar-refractivity contribution in [2.75, 3.05) is 5.73 Å².